The van der Waals surface area contributed by atoms with Crippen molar-refractivity contribution in [3.05, 3.63) is 35.5 Å². The van der Waals surface area contributed by atoms with E-state index in [-0.39, 0.29) is 17.9 Å². The second-order valence-electron chi connectivity index (χ2n) is 5.51. The number of pyridine rings is 1. The van der Waals surface area contributed by atoms with Crippen molar-refractivity contribution in [3.8, 4) is 0 Å². The maximum atomic E-state index is 12.5. The molecule has 0 bridgehead atoms. The van der Waals surface area contributed by atoms with Crippen molar-refractivity contribution in [1.29, 1.82) is 0 Å². The van der Waals surface area contributed by atoms with Crippen LogP contribution in [-0.4, -0.2) is 22.8 Å². The van der Waals surface area contributed by atoms with Crippen molar-refractivity contribution in [3.63, 3.8) is 0 Å². The van der Waals surface area contributed by atoms with Crippen LogP contribution in [0.2, 0.25) is 0 Å². The van der Waals surface area contributed by atoms with Crippen molar-refractivity contribution in [2.75, 3.05) is 5.32 Å². The number of aryl methyl sites for hydroxylation is 1. The molecule has 116 valence electrons. The van der Waals surface area contributed by atoms with Crippen LogP contribution in [0.4, 0.5) is 5.69 Å². The normalized spacial score (nSPS) is 12.0. The largest absolute Gasteiger partial charge is 0.350 e. The summed E-state index contributed by atoms with van der Waals surface area (Å²) in [6.45, 7) is 7.30. The Kier molecular flexibility index (Phi) is 4.75. The van der Waals surface area contributed by atoms with E-state index in [2.05, 4.69) is 15.6 Å². The predicted molar refractivity (Wildman–Crippen MR) is 88.0 cm³/mol. The van der Waals surface area contributed by atoms with Crippen LogP contribution in [0.5, 0.6) is 0 Å². The highest BCUT2D eigenvalue weighted by atomic mass is 16.2. The highest BCUT2D eigenvalue weighted by Gasteiger charge is 2.15. The first-order valence-electron chi connectivity index (χ1n) is 7.40. The summed E-state index contributed by atoms with van der Waals surface area (Å²) in [4.78, 5) is 28.2. The second kappa shape index (κ2) is 6.56. The lowest BCUT2D eigenvalue weighted by Crippen LogP contribution is -2.32. The number of fused-ring (bicyclic) bond motifs is 1. The molecule has 1 heterocycles. The molecule has 1 aromatic carbocycles. The molecule has 2 rings (SSSR count). The van der Waals surface area contributed by atoms with Crippen LogP contribution in [0.15, 0.2) is 24.3 Å². The first-order chi connectivity index (χ1) is 10.4. The fraction of sp³-hybridized carbons (Fsp3) is 0.353. The molecule has 0 unspecified atom stereocenters. The van der Waals surface area contributed by atoms with Gasteiger partial charge in [0.1, 0.15) is 0 Å². The van der Waals surface area contributed by atoms with E-state index in [4.69, 9.17) is 0 Å². The molecule has 5 nitrogen and oxygen atoms in total. The van der Waals surface area contributed by atoms with E-state index in [1.165, 1.54) is 6.92 Å². The molecule has 0 saturated heterocycles. The number of benzene rings is 1. The topological polar surface area (TPSA) is 71.1 Å². The molecule has 0 aliphatic carbocycles. The summed E-state index contributed by atoms with van der Waals surface area (Å²) in [7, 11) is 0. The summed E-state index contributed by atoms with van der Waals surface area (Å²) in [5, 5.41) is 6.45. The molecule has 0 aliphatic rings. The van der Waals surface area contributed by atoms with Gasteiger partial charge in [0.15, 0.2) is 0 Å². The van der Waals surface area contributed by atoms with Gasteiger partial charge in [-0.2, -0.15) is 0 Å². The zero-order valence-electron chi connectivity index (χ0n) is 13.4. The van der Waals surface area contributed by atoms with Gasteiger partial charge in [0.2, 0.25) is 5.91 Å². The number of carbonyl (C=O) groups excluding carboxylic acids is 2. The predicted octanol–water partition coefficient (Wildman–Crippen LogP) is 3.03. The Hall–Kier alpha value is -2.43. The average molecular weight is 299 g/mol. The molecule has 0 fully saturated rings. The fourth-order valence-corrected chi connectivity index (χ4v) is 2.20. The number of nitrogens with zero attached hydrogens (tertiary/aromatic N) is 1. The number of hydrogen-bond donors (Lipinski definition) is 2. The van der Waals surface area contributed by atoms with Crippen LogP contribution in [0.1, 0.15) is 43.2 Å². The zero-order chi connectivity index (χ0) is 16.3. The molecule has 2 amide bonds. The van der Waals surface area contributed by atoms with Crippen molar-refractivity contribution in [2.45, 2.75) is 40.2 Å². The Balaban J connectivity index is 2.54. The molecule has 2 N–H and O–H groups in total. The highest BCUT2D eigenvalue weighted by molar-refractivity contribution is 6.08. The third kappa shape index (κ3) is 3.61. The van der Waals surface area contributed by atoms with Crippen molar-refractivity contribution >= 4 is 28.4 Å². The van der Waals surface area contributed by atoms with E-state index in [1.54, 1.807) is 12.1 Å². The molecule has 1 atom stereocenters. The Morgan fingerprint density at radius 2 is 2.00 bits per heavy atom. The summed E-state index contributed by atoms with van der Waals surface area (Å²) < 4.78 is 0. The number of nitrogens with one attached hydrogen (secondary N) is 2. The van der Waals surface area contributed by atoms with E-state index < -0.39 is 0 Å². The Bertz CT molecular complexity index is 725. The van der Waals surface area contributed by atoms with Crippen LogP contribution >= 0.6 is 0 Å². The van der Waals surface area contributed by atoms with Crippen molar-refractivity contribution in [2.24, 2.45) is 0 Å². The summed E-state index contributed by atoms with van der Waals surface area (Å²) >= 11 is 0. The Morgan fingerprint density at radius 1 is 1.27 bits per heavy atom. The van der Waals surface area contributed by atoms with Gasteiger partial charge in [0, 0.05) is 29.7 Å². The van der Waals surface area contributed by atoms with Gasteiger partial charge in [-0.15, -0.1) is 0 Å². The number of anilines is 1. The first kappa shape index (κ1) is 15.9. The SMILES string of the molecule is CC[C@H](C)NC(=O)c1cc(NC(C)=O)cc2nc(C)ccc12. The molecule has 1 aromatic heterocycles. The van der Waals surface area contributed by atoms with E-state index >= 15 is 0 Å². The summed E-state index contributed by atoms with van der Waals surface area (Å²) in [5.41, 5.74) is 2.66. The number of aromatic nitrogens is 1. The van der Waals surface area contributed by atoms with Crippen molar-refractivity contribution < 1.29 is 9.59 Å². The van der Waals surface area contributed by atoms with E-state index in [0.717, 1.165) is 17.5 Å². The molecule has 0 spiro atoms. The smallest absolute Gasteiger partial charge is 0.252 e. The maximum absolute atomic E-state index is 12.5. The lowest BCUT2D eigenvalue weighted by atomic mass is 10.0. The van der Waals surface area contributed by atoms with E-state index in [1.807, 2.05) is 32.9 Å². The third-order valence-corrected chi connectivity index (χ3v) is 3.50. The van der Waals surface area contributed by atoms with Gasteiger partial charge in [-0.3, -0.25) is 14.6 Å². The number of carbonyl (C=O) groups is 2. The van der Waals surface area contributed by atoms with Gasteiger partial charge in [0.05, 0.1) is 11.1 Å². The van der Waals surface area contributed by atoms with Crippen LogP contribution in [0.25, 0.3) is 10.9 Å². The minimum atomic E-state index is -0.180. The molecule has 22 heavy (non-hydrogen) atoms. The van der Waals surface area contributed by atoms with Gasteiger partial charge in [-0.25, -0.2) is 0 Å². The highest BCUT2D eigenvalue weighted by Crippen LogP contribution is 2.23. The van der Waals surface area contributed by atoms with Crippen LogP contribution in [0, 0.1) is 6.92 Å². The molecule has 0 aliphatic heterocycles. The summed E-state index contributed by atoms with van der Waals surface area (Å²) in [6.07, 6.45) is 0.854. The molecular weight excluding hydrogens is 278 g/mol. The molecule has 0 saturated carbocycles. The van der Waals surface area contributed by atoms with Crippen LogP contribution in [-0.2, 0) is 4.79 Å². The van der Waals surface area contributed by atoms with E-state index in [9.17, 15) is 9.59 Å². The van der Waals surface area contributed by atoms with Gasteiger partial charge >= 0.3 is 0 Å². The number of rotatable bonds is 4. The number of amides is 2. The summed E-state index contributed by atoms with van der Waals surface area (Å²) in [5.74, 6) is -0.336. The van der Waals surface area contributed by atoms with Crippen LogP contribution < -0.4 is 10.6 Å². The van der Waals surface area contributed by atoms with Gasteiger partial charge in [-0.05, 0) is 38.5 Å². The third-order valence-electron chi connectivity index (χ3n) is 3.50. The Morgan fingerprint density at radius 3 is 2.64 bits per heavy atom. The fourth-order valence-electron chi connectivity index (χ4n) is 2.20. The number of hydrogen-bond acceptors (Lipinski definition) is 3. The van der Waals surface area contributed by atoms with E-state index in [0.29, 0.717) is 16.8 Å². The molecular formula is C17H21N3O2. The zero-order valence-corrected chi connectivity index (χ0v) is 13.4. The standard InChI is InChI=1S/C17H21N3O2/c1-5-10(2)19-17(22)15-8-13(20-12(4)21)9-16-14(15)7-6-11(3)18-16/h6-10H,5H2,1-4H3,(H,19,22)(H,20,21)/t10-/m0/s1. The second-order valence-corrected chi connectivity index (χ2v) is 5.51. The van der Waals surface area contributed by atoms with Gasteiger partial charge in [0.25, 0.3) is 5.91 Å². The lowest BCUT2D eigenvalue weighted by Gasteiger charge is -2.14. The maximum Gasteiger partial charge on any atom is 0.252 e. The molecule has 2 aromatic rings. The minimum absolute atomic E-state index is 0.0883. The monoisotopic (exact) mass is 299 g/mol. The molecule has 5 heteroatoms. The lowest BCUT2D eigenvalue weighted by molar-refractivity contribution is -0.114. The average Bonchev–Trinajstić information content (AvgIpc) is 2.45. The van der Waals surface area contributed by atoms with Crippen LogP contribution in [0.3, 0.4) is 0 Å². The van der Waals surface area contributed by atoms with Gasteiger partial charge in [-0.1, -0.05) is 13.0 Å². The molecule has 0 radical (unpaired) electrons. The van der Waals surface area contributed by atoms with Crippen molar-refractivity contribution in [1.82, 2.24) is 10.3 Å². The van der Waals surface area contributed by atoms with Gasteiger partial charge < -0.3 is 10.6 Å². The summed E-state index contributed by atoms with van der Waals surface area (Å²) in [6, 6.07) is 7.33. The quantitative estimate of drug-likeness (QED) is 0.911. The first-order valence-corrected chi connectivity index (χ1v) is 7.40. The minimum Gasteiger partial charge on any atom is -0.350 e. The Labute approximate surface area is 130 Å².